The normalized spacial score (nSPS) is 13.9. The molecule has 1 aliphatic rings. The van der Waals surface area contributed by atoms with Crippen molar-refractivity contribution in [3.63, 3.8) is 0 Å². The number of nitrogens with zero attached hydrogens (tertiary/aromatic N) is 4. The number of benzene rings is 1. The molecule has 142 valence electrons. The maximum Gasteiger partial charge on any atom is 0.319 e. The van der Waals surface area contributed by atoms with E-state index in [1.165, 1.54) is 7.11 Å². The highest BCUT2D eigenvalue weighted by molar-refractivity contribution is 6.12. The fourth-order valence-electron chi connectivity index (χ4n) is 3.62. The van der Waals surface area contributed by atoms with Gasteiger partial charge in [-0.2, -0.15) is 4.98 Å². The van der Waals surface area contributed by atoms with Gasteiger partial charge in [0, 0.05) is 29.4 Å². The molecule has 5 rings (SSSR count). The first kappa shape index (κ1) is 16.6. The largest absolute Gasteiger partial charge is 0.494 e. The minimum atomic E-state index is 0.181. The van der Waals surface area contributed by atoms with Gasteiger partial charge in [-0.1, -0.05) is 18.2 Å². The van der Waals surface area contributed by atoms with Crippen LogP contribution in [0.5, 0.6) is 17.8 Å². The van der Waals surface area contributed by atoms with E-state index in [1.54, 1.807) is 13.3 Å². The van der Waals surface area contributed by atoms with Crippen molar-refractivity contribution in [3.05, 3.63) is 30.6 Å². The van der Waals surface area contributed by atoms with Crippen LogP contribution in [0.2, 0.25) is 0 Å². The van der Waals surface area contributed by atoms with E-state index in [2.05, 4.69) is 9.97 Å². The molecule has 0 radical (unpaired) electrons. The molecule has 0 saturated heterocycles. The van der Waals surface area contributed by atoms with Gasteiger partial charge in [-0.15, -0.1) is 0 Å². The number of aromatic hydroxyl groups is 1. The topological polar surface area (TPSA) is 108 Å². The lowest BCUT2D eigenvalue weighted by Crippen LogP contribution is -1.99. The highest BCUT2D eigenvalue weighted by Gasteiger charge is 2.28. The summed E-state index contributed by atoms with van der Waals surface area (Å²) in [5, 5.41) is 12.0. The molecule has 1 aromatic carbocycles. The smallest absolute Gasteiger partial charge is 0.319 e. The molecule has 0 amide bonds. The number of methoxy groups -OCH3 is 2. The van der Waals surface area contributed by atoms with Crippen LogP contribution < -0.4 is 15.2 Å². The van der Waals surface area contributed by atoms with Crippen LogP contribution in [-0.4, -0.2) is 38.8 Å². The Labute approximate surface area is 160 Å². The summed E-state index contributed by atoms with van der Waals surface area (Å²) >= 11 is 0. The first-order valence-electron chi connectivity index (χ1n) is 8.99. The third kappa shape index (κ3) is 2.34. The lowest BCUT2D eigenvalue weighted by molar-refractivity contribution is 0.353. The molecule has 0 unspecified atom stereocenters. The van der Waals surface area contributed by atoms with E-state index in [9.17, 15) is 5.11 Å². The maximum absolute atomic E-state index is 10.7. The molecule has 0 spiro atoms. The molecule has 3 heterocycles. The van der Waals surface area contributed by atoms with E-state index in [1.807, 2.05) is 29.0 Å². The van der Waals surface area contributed by atoms with Crippen LogP contribution in [-0.2, 0) is 0 Å². The zero-order chi connectivity index (χ0) is 19.4. The van der Waals surface area contributed by atoms with Crippen molar-refractivity contribution in [1.29, 1.82) is 0 Å². The Bertz CT molecular complexity index is 1230. The summed E-state index contributed by atoms with van der Waals surface area (Å²) in [7, 11) is 3.05. The summed E-state index contributed by atoms with van der Waals surface area (Å²) in [5.41, 5.74) is 9.81. The van der Waals surface area contributed by atoms with Crippen LogP contribution in [0.3, 0.4) is 0 Å². The van der Waals surface area contributed by atoms with Crippen molar-refractivity contribution in [2.24, 2.45) is 0 Å². The van der Waals surface area contributed by atoms with Gasteiger partial charge in [-0.05, 0) is 12.8 Å². The van der Waals surface area contributed by atoms with Crippen LogP contribution in [0.4, 0.5) is 5.69 Å². The lowest BCUT2D eigenvalue weighted by atomic mass is 10.0. The third-order valence-electron chi connectivity index (χ3n) is 5.15. The summed E-state index contributed by atoms with van der Waals surface area (Å²) in [4.78, 5) is 13.3. The second kappa shape index (κ2) is 5.98. The van der Waals surface area contributed by atoms with Crippen molar-refractivity contribution in [3.8, 4) is 28.9 Å². The van der Waals surface area contributed by atoms with Crippen molar-refractivity contribution in [2.45, 2.75) is 18.9 Å². The highest BCUT2D eigenvalue weighted by atomic mass is 16.5. The molecule has 8 heteroatoms. The Balaban J connectivity index is 1.80. The number of hydrogen-bond acceptors (Lipinski definition) is 7. The van der Waals surface area contributed by atoms with Crippen molar-refractivity contribution >= 4 is 27.5 Å². The average molecular weight is 377 g/mol. The molecule has 28 heavy (non-hydrogen) atoms. The second-order valence-electron chi connectivity index (χ2n) is 6.86. The van der Waals surface area contributed by atoms with Gasteiger partial charge >= 0.3 is 6.01 Å². The van der Waals surface area contributed by atoms with Gasteiger partial charge in [-0.3, -0.25) is 0 Å². The Kier molecular flexibility index (Phi) is 3.55. The molecular weight excluding hydrogens is 358 g/mol. The molecule has 8 nitrogen and oxygen atoms in total. The van der Waals surface area contributed by atoms with Gasteiger partial charge in [0.25, 0.3) is 0 Å². The molecule has 4 aromatic rings. The van der Waals surface area contributed by atoms with Crippen LogP contribution in [0.15, 0.2) is 30.6 Å². The first-order valence-corrected chi connectivity index (χ1v) is 8.99. The summed E-state index contributed by atoms with van der Waals surface area (Å²) < 4.78 is 12.4. The van der Waals surface area contributed by atoms with E-state index in [0.29, 0.717) is 39.6 Å². The van der Waals surface area contributed by atoms with Crippen molar-refractivity contribution in [2.75, 3.05) is 20.0 Å². The van der Waals surface area contributed by atoms with E-state index in [0.717, 1.165) is 23.8 Å². The van der Waals surface area contributed by atoms with Gasteiger partial charge in [0.1, 0.15) is 0 Å². The third-order valence-corrected chi connectivity index (χ3v) is 5.15. The second-order valence-corrected chi connectivity index (χ2v) is 6.86. The fraction of sp³-hybridized carbons (Fsp3) is 0.250. The molecule has 0 atom stereocenters. The van der Waals surface area contributed by atoms with Gasteiger partial charge in [0.05, 0.1) is 41.9 Å². The quantitative estimate of drug-likeness (QED) is 0.562. The van der Waals surface area contributed by atoms with Crippen LogP contribution in [0.1, 0.15) is 18.9 Å². The number of nitrogen functional groups attached to an aromatic ring is 1. The SMILES string of the molecule is COc1ncc(-c2cccc3c(N)c4c(O)n(C5CC5)cc4nc23)c(OC)n1. The Hall–Kier alpha value is -3.55. The van der Waals surface area contributed by atoms with Gasteiger partial charge in [0.15, 0.2) is 0 Å². The summed E-state index contributed by atoms with van der Waals surface area (Å²) in [6, 6.07) is 6.26. The Morgan fingerprint density at radius 2 is 1.96 bits per heavy atom. The van der Waals surface area contributed by atoms with Crippen LogP contribution in [0, 0.1) is 0 Å². The van der Waals surface area contributed by atoms with Gasteiger partial charge in [0.2, 0.25) is 11.8 Å². The molecule has 1 saturated carbocycles. The molecule has 0 aliphatic heterocycles. The lowest BCUT2D eigenvalue weighted by Gasteiger charge is -2.12. The average Bonchev–Trinajstić information content (AvgIpc) is 3.51. The monoisotopic (exact) mass is 377 g/mol. The fourth-order valence-corrected chi connectivity index (χ4v) is 3.62. The summed E-state index contributed by atoms with van der Waals surface area (Å²) in [6.07, 6.45) is 5.63. The predicted octanol–water partition coefficient (Wildman–Crippen LogP) is 3.29. The number of anilines is 1. The number of aromatic nitrogens is 4. The van der Waals surface area contributed by atoms with Crippen LogP contribution in [0.25, 0.3) is 32.9 Å². The number of fused-ring (bicyclic) bond motifs is 2. The van der Waals surface area contributed by atoms with E-state index >= 15 is 0 Å². The standard InChI is InChI=1S/C20H19N5O3/c1-27-18-13(8-22-20(24-18)28-2)11-4-3-5-12-16(21)15-14(23-17(11)12)9-25(19(15)26)10-6-7-10/h3-5,8-10,26H,6-7,21H2,1-2H3. The number of para-hydroxylation sites is 1. The van der Waals surface area contributed by atoms with E-state index in [4.69, 9.17) is 20.2 Å². The number of pyridine rings is 1. The zero-order valence-corrected chi connectivity index (χ0v) is 15.5. The van der Waals surface area contributed by atoms with Gasteiger partial charge < -0.3 is 24.9 Å². The summed E-state index contributed by atoms with van der Waals surface area (Å²) in [6.45, 7) is 0. The predicted molar refractivity (Wildman–Crippen MR) is 106 cm³/mol. The number of ether oxygens (including phenoxy) is 2. The zero-order valence-electron chi connectivity index (χ0n) is 15.5. The van der Waals surface area contributed by atoms with Crippen LogP contribution >= 0.6 is 0 Å². The summed E-state index contributed by atoms with van der Waals surface area (Å²) in [5.74, 6) is 0.568. The Morgan fingerprint density at radius 1 is 1.14 bits per heavy atom. The molecular formula is C20H19N5O3. The minimum absolute atomic E-state index is 0.181. The first-order chi connectivity index (χ1) is 13.6. The highest BCUT2D eigenvalue weighted by Crippen LogP contribution is 2.45. The molecule has 3 N–H and O–H groups in total. The molecule has 3 aromatic heterocycles. The number of hydrogen-bond donors (Lipinski definition) is 2. The van der Waals surface area contributed by atoms with E-state index in [-0.39, 0.29) is 11.9 Å². The number of rotatable bonds is 4. The number of nitrogens with two attached hydrogens (primary N) is 1. The van der Waals surface area contributed by atoms with E-state index < -0.39 is 0 Å². The molecule has 1 aliphatic carbocycles. The minimum Gasteiger partial charge on any atom is -0.494 e. The molecule has 1 fully saturated rings. The Morgan fingerprint density at radius 3 is 2.68 bits per heavy atom. The maximum atomic E-state index is 10.7. The van der Waals surface area contributed by atoms with Gasteiger partial charge in [-0.25, -0.2) is 9.97 Å². The van der Waals surface area contributed by atoms with Crippen molar-refractivity contribution in [1.82, 2.24) is 19.5 Å². The molecule has 0 bridgehead atoms. The van der Waals surface area contributed by atoms with Crippen molar-refractivity contribution < 1.29 is 14.6 Å².